The molecule has 0 aliphatic rings. The average molecular weight is 208 g/mol. The van der Waals surface area contributed by atoms with E-state index in [0.717, 1.165) is 11.1 Å². The molecular formula is C13H20O2. The third-order valence-corrected chi connectivity index (χ3v) is 2.89. The lowest BCUT2D eigenvalue weighted by Crippen LogP contribution is -2.24. The van der Waals surface area contributed by atoms with Crippen molar-refractivity contribution in [2.24, 2.45) is 0 Å². The van der Waals surface area contributed by atoms with Crippen molar-refractivity contribution in [3.8, 4) is 0 Å². The Morgan fingerprint density at radius 2 is 1.80 bits per heavy atom. The topological polar surface area (TPSA) is 40.5 Å². The second-order valence-corrected chi connectivity index (χ2v) is 4.71. The van der Waals surface area contributed by atoms with Gasteiger partial charge >= 0.3 is 0 Å². The monoisotopic (exact) mass is 208 g/mol. The van der Waals surface area contributed by atoms with Crippen LogP contribution in [0.15, 0.2) is 24.3 Å². The van der Waals surface area contributed by atoms with Crippen LogP contribution >= 0.6 is 0 Å². The fraction of sp³-hybridized carbons (Fsp3) is 0.538. The van der Waals surface area contributed by atoms with Gasteiger partial charge in [0.25, 0.3) is 0 Å². The predicted molar refractivity (Wildman–Crippen MR) is 62.1 cm³/mol. The number of hydrogen-bond donors (Lipinski definition) is 2. The van der Waals surface area contributed by atoms with Crippen LogP contribution in [0.1, 0.15) is 37.8 Å². The predicted octanol–water partition coefficient (Wildman–Crippen LogP) is 2.05. The molecule has 1 aromatic carbocycles. The van der Waals surface area contributed by atoms with Gasteiger partial charge in [0, 0.05) is 17.9 Å². The van der Waals surface area contributed by atoms with Crippen LogP contribution in [-0.2, 0) is 5.41 Å². The number of rotatable bonds is 4. The van der Waals surface area contributed by atoms with Crippen LogP contribution in [0, 0.1) is 0 Å². The van der Waals surface area contributed by atoms with Gasteiger partial charge in [-0.1, -0.05) is 45.0 Å². The molecule has 0 radical (unpaired) electrons. The van der Waals surface area contributed by atoms with Crippen LogP contribution in [0.3, 0.4) is 0 Å². The summed E-state index contributed by atoms with van der Waals surface area (Å²) in [4.78, 5) is 0. The Labute approximate surface area is 91.6 Å². The molecule has 0 aliphatic heterocycles. The smallest absolute Gasteiger partial charge is 0.0522 e. The molecule has 1 atom stereocenters. The van der Waals surface area contributed by atoms with Gasteiger partial charge in [0.2, 0.25) is 0 Å². The van der Waals surface area contributed by atoms with E-state index in [2.05, 4.69) is 0 Å². The summed E-state index contributed by atoms with van der Waals surface area (Å²) in [6.07, 6.45) is 0. The average Bonchev–Trinajstić information content (AvgIpc) is 2.28. The SMILES string of the molecule is CC(CO)c1ccccc1C(C)(C)CO. The summed E-state index contributed by atoms with van der Waals surface area (Å²) in [5, 5.41) is 18.6. The second-order valence-electron chi connectivity index (χ2n) is 4.71. The fourth-order valence-corrected chi connectivity index (χ4v) is 1.73. The van der Waals surface area contributed by atoms with E-state index >= 15 is 0 Å². The van der Waals surface area contributed by atoms with Gasteiger partial charge in [0.15, 0.2) is 0 Å². The Kier molecular flexibility index (Phi) is 3.89. The van der Waals surface area contributed by atoms with Gasteiger partial charge in [-0.15, -0.1) is 0 Å². The zero-order valence-electron chi connectivity index (χ0n) is 9.70. The van der Waals surface area contributed by atoms with Crippen molar-refractivity contribution in [1.29, 1.82) is 0 Å². The zero-order chi connectivity index (χ0) is 11.5. The van der Waals surface area contributed by atoms with E-state index in [0.29, 0.717) is 0 Å². The first-order chi connectivity index (χ1) is 7.03. The standard InChI is InChI=1S/C13H20O2/c1-10(8-14)11-6-4-5-7-12(11)13(2,3)9-15/h4-7,10,14-15H,8-9H2,1-3H3. The van der Waals surface area contributed by atoms with Gasteiger partial charge in [0.1, 0.15) is 0 Å². The van der Waals surface area contributed by atoms with Gasteiger partial charge < -0.3 is 10.2 Å². The van der Waals surface area contributed by atoms with Crippen molar-refractivity contribution in [1.82, 2.24) is 0 Å². The molecule has 15 heavy (non-hydrogen) atoms. The fourth-order valence-electron chi connectivity index (χ4n) is 1.73. The van der Waals surface area contributed by atoms with E-state index in [4.69, 9.17) is 0 Å². The highest BCUT2D eigenvalue weighted by molar-refractivity contribution is 5.35. The molecule has 2 N–H and O–H groups in total. The molecule has 1 unspecified atom stereocenters. The van der Waals surface area contributed by atoms with E-state index in [9.17, 15) is 10.2 Å². The highest BCUT2D eigenvalue weighted by Gasteiger charge is 2.23. The van der Waals surface area contributed by atoms with Crippen molar-refractivity contribution in [2.75, 3.05) is 13.2 Å². The Morgan fingerprint density at radius 3 is 2.33 bits per heavy atom. The third-order valence-electron chi connectivity index (χ3n) is 2.89. The van der Waals surface area contributed by atoms with Crippen LogP contribution in [0.5, 0.6) is 0 Å². The molecule has 0 saturated carbocycles. The van der Waals surface area contributed by atoms with Crippen LogP contribution in [0.2, 0.25) is 0 Å². The van der Waals surface area contributed by atoms with Gasteiger partial charge in [-0.2, -0.15) is 0 Å². The minimum absolute atomic E-state index is 0.113. The molecule has 1 rings (SSSR count). The van der Waals surface area contributed by atoms with Gasteiger partial charge in [0.05, 0.1) is 6.61 Å². The first-order valence-corrected chi connectivity index (χ1v) is 5.34. The third kappa shape index (κ3) is 2.58. The highest BCUT2D eigenvalue weighted by atomic mass is 16.3. The van der Waals surface area contributed by atoms with Crippen molar-refractivity contribution in [3.05, 3.63) is 35.4 Å². The van der Waals surface area contributed by atoms with Crippen LogP contribution in [0.25, 0.3) is 0 Å². The molecule has 0 heterocycles. The molecule has 2 heteroatoms. The lowest BCUT2D eigenvalue weighted by atomic mass is 9.79. The van der Waals surface area contributed by atoms with E-state index in [1.807, 2.05) is 45.0 Å². The van der Waals surface area contributed by atoms with Crippen molar-refractivity contribution in [3.63, 3.8) is 0 Å². The van der Waals surface area contributed by atoms with Crippen LogP contribution in [-0.4, -0.2) is 23.4 Å². The Morgan fingerprint density at radius 1 is 1.20 bits per heavy atom. The molecule has 2 nitrogen and oxygen atoms in total. The molecule has 0 saturated heterocycles. The summed E-state index contributed by atoms with van der Waals surface area (Å²) < 4.78 is 0. The lowest BCUT2D eigenvalue weighted by Gasteiger charge is -2.27. The molecule has 0 spiro atoms. The number of aliphatic hydroxyl groups excluding tert-OH is 2. The van der Waals surface area contributed by atoms with E-state index in [1.54, 1.807) is 0 Å². The molecule has 0 aliphatic carbocycles. The summed E-state index contributed by atoms with van der Waals surface area (Å²) in [5.74, 6) is 0.118. The maximum Gasteiger partial charge on any atom is 0.0522 e. The maximum atomic E-state index is 9.36. The lowest BCUT2D eigenvalue weighted by molar-refractivity contribution is 0.215. The summed E-state index contributed by atoms with van der Waals surface area (Å²) in [6, 6.07) is 7.99. The van der Waals surface area contributed by atoms with Crippen molar-refractivity contribution >= 4 is 0 Å². The molecule has 1 aromatic rings. The Balaban J connectivity index is 3.17. The molecule has 84 valence electrons. The largest absolute Gasteiger partial charge is 0.396 e. The van der Waals surface area contributed by atoms with Crippen molar-refractivity contribution in [2.45, 2.75) is 32.1 Å². The highest BCUT2D eigenvalue weighted by Crippen LogP contribution is 2.30. The van der Waals surface area contributed by atoms with Crippen LogP contribution in [0.4, 0.5) is 0 Å². The van der Waals surface area contributed by atoms with E-state index in [1.165, 1.54) is 0 Å². The van der Waals surface area contributed by atoms with Gasteiger partial charge in [-0.05, 0) is 11.1 Å². The second kappa shape index (κ2) is 4.77. The van der Waals surface area contributed by atoms with E-state index in [-0.39, 0.29) is 24.5 Å². The van der Waals surface area contributed by atoms with Gasteiger partial charge in [-0.3, -0.25) is 0 Å². The molecule has 0 bridgehead atoms. The molecule has 0 amide bonds. The minimum Gasteiger partial charge on any atom is -0.396 e. The van der Waals surface area contributed by atoms with Crippen LogP contribution < -0.4 is 0 Å². The summed E-state index contributed by atoms with van der Waals surface area (Å²) in [7, 11) is 0. The van der Waals surface area contributed by atoms with Gasteiger partial charge in [-0.25, -0.2) is 0 Å². The normalized spacial score (nSPS) is 13.9. The maximum absolute atomic E-state index is 9.36. The summed E-state index contributed by atoms with van der Waals surface area (Å²) >= 11 is 0. The zero-order valence-corrected chi connectivity index (χ0v) is 9.70. The minimum atomic E-state index is -0.250. The number of aliphatic hydroxyl groups is 2. The number of benzene rings is 1. The van der Waals surface area contributed by atoms with Crippen molar-refractivity contribution < 1.29 is 10.2 Å². The summed E-state index contributed by atoms with van der Waals surface area (Å²) in [6.45, 7) is 6.26. The molecule has 0 aromatic heterocycles. The first-order valence-electron chi connectivity index (χ1n) is 5.34. The molecular weight excluding hydrogens is 188 g/mol. The Bertz CT molecular complexity index is 318. The molecule has 0 fully saturated rings. The van der Waals surface area contributed by atoms with E-state index < -0.39 is 0 Å². The summed E-state index contributed by atoms with van der Waals surface area (Å²) in [5.41, 5.74) is 1.99. The number of hydrogen-bond acceptors (Lipinski definition) is 2. The quantitative estimate of drug-likeness (QED) is 0.795. The first kappa shape index (κ1) is 12.2. The Hall–Kier alpha value is -0.860.